The number of alkyl halides is 3. The lowest BCUT2D eigenvalue weighted by molar-refractivity contribution is -0.146. The van der Waals surface area contributed by atoms with E-state index in [1.54, 1.807) is 0 Å². The van der Waals surface area contributed by atoms with Crippen LogP contribution in [-0.2, 0) is 15.7 Å². The van der Waals surface area contributed by atoms with Crippen molar-refractivity contribution in [3.05, 3.63) is 18.0 Å². The standard InChI is InChI=1S/C14H20F3N5O2/c1-24-13(3-6-18-7-4-13)11(23)19-8-9-21-12-20-5-2-10(22-12)14(15,16)17/h2,5,18H,3-4,6-9H2,1H3,(H,19,23)(H,20,21,22). The molecule has 1 aliphatic rings. The minimum atomic E-state index is -4.52. The van der Waals surface area contributed by atoms with E-state index in [0.29, 0.717) is 25.9 Å². The maximum Gasteiger partial charge on any atom is 0.433 e. The normalized spacial score (nSPS) is 17.3. The Kier molecular flexibility index (Phi) is 5.94. The molecule has 0 aliphatic carbocycles. The molecule has 1 fully saturated rings. The van der Waals surface area contributed by atoms with Gasteiger partial charge in [-0.3, -0.25) is 4.79 Å². The van der Waals surface area contributed by atoms with E-state index in [4.69, 9.17) is 4.74 Å². The van der Waals surface area contributed by atoms with Crippen molar-refractivity contribution in [2.45, 2.75) is 24.6 Å². The van der Waals surface area contributed by atoms with Crippen molar-refractivity contribution >= 4 is 11.9 Å². The lowest BCUT2D eigenvalue weighted by atomic mass is 9.91. The first kappa shape index (κ1) is 18.4. The Morgan fingerprint density at radius 2 is 2.08 bits per heavy atom. The van der Waals surface area contributed by atoms with Crippen LogP contribution in [0.15, 0.2) is 12.3 Å². The highest BCUT2D eigenvalue weighted by molar-refractivity contribution is 5.85. The van der Waals surface area contributed by atoms with Crippen LogP contribution in [-0.4, -0.2) is 54.8 Å². The van der Waals surface area contributed by atoms with Crippen molar-refractivity contribution < 1.29 is 22.7 Å². The molecular formula is C14H20F3N5O2. The van der Waals surface area contributed by atoms with Gasteiger partial charge in [-0.1, -0.05) is 0 Å². The fraction of sp³-hybridized carbons (Fsp3) is 0.643. The van der Waals surface area contributed by atoms with Crippen LogP contribution in [0.5, 0.6) is 0 Å². The maximum atomic E-state index is 12.6. The average Bonchev–Trinajstić information content (AvgIpc) is 2.58. The predicted octanol–water partition coefficient (Wildman–Crippen LogP) is 0.792. The number of hydrogen-bond acceptors (Lipinski definition) is 6. The Bertz CT molecular complexity index is 562. The summed E-state index contributed by atoms with van der Waals surface area (Å²) in [5.41, 5.74) is -1.87. The third kappa shape index (κ3) is 4.54. The number of piperidine rings is 1. The van der Waals surface area contributed by atoms with E-state index in [0.717, 1.165) is 12.3 Å². The van der Waals surface area contributed by atoms with Gasteiger partial charge in [0.1, 0.15) is 11.3 Å². The lowest BCUT2D eigenvalue weighted by Crippen LogP contribution is -2.54. The van der Waals surface area contributed by atoms with E-state index in [1.807, 2.05) is 0 Å². The fourth-order valence-electron chi connectivity index (χ4n) is 2.47. The molecule has 1 aromatic heterocycles. The van der Waals surface area contributed by atoms with Gasteiger partial charge in [-0.15, -0.1) is 0 Å². The number of hydrogen-bond donors (Lipinski definition) is 3. The number of carbonyl (C=O) groups is 1. The van der Waals surface area contributed by atoms with E-state index in [2.05, 4.69) is 25.9 Å². The second kappa shape index (κ2) is 7.75. The molecule has 0 saturated carbocycles. The number of ether oxygens (including phenoxy) is 1. The molecule has 0 radical (unpaired) electrons. The van der Waals surface area contributed by atoms with Crippen LogP contribution in [0, 0.1) is 0 Å². The largest absolute Gasteiger partial charge is 0.433 e. The molecule has 24 heavy (non-hydrogen) atoms. The minimum Gasteiger partial charge on any atom is -0.368 e. The molecule has 2 rings (SSSR count). The fourth-order valence-corrected chi connectivity index (χ4v) is 2.47. The van der Waals surface area contributed by atoms with Gasteiger partial charge in [-0.2, -0.15) is 13.2 Å². The second-order valence-corrected chi connectivity index (χ2v) is 5.39. The molecule has 0 bridgehead atoms. The van der Waals surface area contributed by atoms with Crippen LogP contribution < -0.4 is 16.0 Å². The van der Waals surface area contributed by atoms with Crippen molar-refractivity contribution in [3.8, 4) is 0 Å². The Morgan fingerprint density at radius 1 is 1.38 bits per heavy atom. The van der Waals surface area contributed by atoms with E-state index in [1.165, 1.54) is 7.11 Å². The summed E-state index contributed by atoms with van der Waals surface area (Å²) in [6.45, 7) is 1.80. The second-order valence-electron chi connectivity index (χ2n) is 5.39. The topological polar surface area (TPSA) is 88.2 Å². The average molecular weight is 347 g/mol. The Balaban J connectivity index is 1.81. The van der Waals surface area contributed by atoms with Crippen LogP contribution in [0.25, 0.3) is 0 Å². The van der Waals surface area contributed by atoms with Crippen molar-refractivity contribution in [1.29, 1.82) is 0 Å². The van der Waals surface area contributed by atoms with Crippen LogP contribution in [0.1, 0.15) is 18.5 Å². The number of nitrogens with zero attached hydrogens (tertiary/aromatic N) is 2. The summed E-state index contributed by atoms with van der Waals surface area (Å²) in [5, 5.41) is 8.54. The summed E-state index contributed by atoms with van der Waals surface area (Å²) in [6.07, 6.45) is -2.35. The Morgan fingerprint density at radius 3 is 2.71 bits per heavy atom. The van der Waals surface area contributed by atoms with Gasteiger partial charge in [0.2, 0.25) is 5.95 Å². The quantitative estimate of drug-likeness (QED) is 0.660. The number of anilines is 1. The van der Waals surface area contributed by atoms with Gasteiger partial charge in [-0.05, 0) is 32.0 Å². The first-order valence-electron chi connectivity index (χ1n) is 7.56. The summed E-state index contributed by atoms with van der Waals surface area (Å²) in [5.74, 6) is -0.361. The number of aromatic nitrogens is 2. The molecule has 1 saturated heterocycles. The minimum absolute atomic E-state index is 0.137. The molecule has 0 unspecified atom stereocenters. The van der Waals surface area contributed by atoms with E-state index < -0.39 is 17.5 Å². The number of methoxy groups -OCH3 is 1. The van der Waals surface area contributed by atoms with Crippen molar-refractivity contribution in [1.82, 2.24) is 20.6 Å². The van der Waals surface area contributed by atoms with Gasteiger partial charge in [0, 0.05) is 26.4 Å². The molecule has 2 heterocycles. The number of halogens is 3. The van der Waals surface area contributed by atoms with E-state index >= 15 is 0 Å². The molecule has 0 spiro atoms. The van der Waals surface area contributed by atoms with Gasteiger partial charge in [0.05, 0.1) is 0 Å². The van der Waals surface area contributed by atoms with Gasteiger partial charge in [0.25, 0.3) is 5.91 Å². The molecule has 10 heteroatoms. The highest BCUT2D eigenvalue weighted by Gasteiger charge is 2.39. The molecule has 0 aromatic carbocycles. The zero-order valence-corrected chi connectivity index (χ0v) is 13.2. The summed E-state index contributed by atoms with van der Waals surface area (Å²) in [4.78, 5) is 19.4. The molecule has 1 amide bonds. The molecule has 3 N–H and O–H groups in total. The number of amides is 1. The number of rotatable bonds is 6. The molecule has 1 aliphatic heterocycles. The molecule has 1 aromatic rings. The number of carbonyl (C=O) groups excluding carboxylic acids is 1. The highest BCUT2D eigenvalue weighted by atomic mass is 19.4. The monoisotopic (exact) mass is 347 g/mol. The summed E-state index contributed by atoms with van der Waals surface area (Å²) >= 11 is 0. The first-order valence-corrected chi connectivity index (χ1v) is 7.56. The highest BCUT2D eigenvalue weighted by Crippen LogP contribution is 2.27. The molecule has 0 atom stereocenters. The van der Waals surface area contributed by atoms with E-state index in [9.17, 15) is 18.0 Å². The molecule has 134 valence electrons. The number of nitrogens with one attached hydrogen (secondary N) is 3. The van der Waals surface area contributed by atoms with Gasteiger partial charge in [-0.25, -0.2) is 9.97 Å². The van der Waals surface area contributed by atoms with Crippen LogP contribution in [0.3, 0.4) is 0 Å². The first-order chi connectivity index (χ1) is 11.4. The molecular weight excluding hydrogens is 327 g/mol. The Hall–Kier alpha value is -1.94. The smallest absolute Gasteiger partial charge is 0.368 e. The van der Waals surface area contributed by atoms with Crippen LogP contribution in [0.4, 0.5) is 19.1 Å². The third-order valence-corrected chi connectivity index (χ3v) is 3.86. The third-order valence-electron chi connectivity index (χ3n) is 3.86. The van der Waals surface area contributed by atoms with Crippen molar-refractivity contribution in [2.24, 2.45) is 0 Å². The van der Waals surface area contributed by atoms with Gasteiger partial charge < -0.3 is 20.7 Å². The summed E-state index contributed by atoms with van der Waals surface area (Å²) in [6, 6.07) is 0.798. The summed E-state index contributed by atoms with van der Waals surface area (Å²) < 4.78 is 43.1. The Labute approximate surface area is 137 Å². The van der Waals surface area contributed by atoms with Crippen LogP contribution in [0.2, 0.25) is 0 Å². The van der Waals surface area contributed by atoms with Crippen LogP contribution >= 0.6 is 0 Å². The zero-order chi connectivity index (χ0) is 17.6. The van der Waals surface area contributed by atoms with E-state index in [-0.39, 0.29) is 24.9 Å². The van der Waals surface area contributed by atoms with Crippen molar-refractivity contribution in [3.63, 3.8) is 0 Å². The molecule has 7 nitrogen and oxygen atoms in total. The van der Waals surface area contributed by atoms with Gasteiger partial charge in [0.15, 0.2) is 0 Å². The van der Waals surface area contributed by atoms with Gasteiger partial charge >= 0.3 is 6.18 Å². The zero-order valence-electron chi connectivity index (χ0n) is 13.2. The maximum absolute atomic E-state index is 12.6. The lowest BCUT2D eigenvalue weighted by Gasteiger charge is -2.34. The van der Waals surface area contributed by atoms with Crippen molar-refractivity contribution in [2.75, 3.05) is 38.6 Å². The SMILES string of the molecule is COC1(C(=O)NCCNc2nccc(C(F)(F)F)n2)CCNCC1. The summed E-state index contributed by atoms with van der Waals surface area (Å²) in [7, 11) is 1.50. The predicted molar refractivity (Wildman–Crippen MR) is 80.4 cm³/mol.